The topological polar surface area (TPSA) is 60.0 Å². The third-order valence-corrected chi connectivity index (χ3v) is 4.75. The lowest BCUT2D eigenvalue weighted by molar-refractivity contribution is 0.345. The molecule has 2 aromatic heterocycles. The van der Waals surface area contributed by atoms with Gasteiger partial charge in [0, 0.05) is 17.3 Å². The molecule has 4 rings (SSSR count). The summed E-state index contributed by atoms with van der Waals surface area (Å²) in [6, 6.07) is 16.0. The molecular weight excluding hydrogens is 568 g/mol. The first-order chi connectivity index (χ1) is 13.3. The fourth-order valence-electron chi connectivity index (χ4n) is 2.89. The number of fused-ring (bicyclic) bond motifs is 1. The van der Waals surface area contributed by atoms with Crippen molar-refractivity contribution in [1.29, 1.82) is 0 Å². The minimum atomic E-state index is 0.541. The highest BCUT2D eigenvalue weighted by atomic mass is 127. The molecule has 0 radical (unpaired) electrons. The number of hydrogen-bond donors (Lipinski definition) is 1. The summed E-state index contributed by atoms with van der Waals surface area (Å²) in [6.07, 6.45) is 3.72. The lowest BCUT2D eigenvalue weighted by Gasteiger charge is -2.11. The van der Waals surface area contributed by atoms with E-state index in [0.717, 1.165) is 39.3 Å². The Morgan fingerprint density at radius 2 is 1.67 bits per heavy atom. The first-order valence-corrected chi connectivity index (χ1v) is 11.3. The number of aromatic amines is 1. The Balaban J connectivity index is 1.79. The van der Waals surface area contributed by atoms with Crippen LogP contribution in [0.2, 0.25) is 0 Å². The number of benzene rings is 2. The monoisotopic (exact) mass is 583 g/mol. The van der Waals surface area contributed by atoms with E-state index in [4.69, 9.17) is 14.5 Å². The molecule has 0 fully saturated rings. The standard InChI is InChI=1S/C20H15I2N3O2/c21-11-26-17-7-6-14(8-18(17)27-12-22)16-10-24-20-19(25-16)15(9-23-20)13-4-2-1-3-5-13/h1-10H,11-12H2,(H,23,24). The van der Waals surface area contributed by atoms with Crippen molar-refractivity contribution in [3.63, 3.8) is 0 Å². The molecule has 5 nitrogen and oxygen atoms in total. The Bertz CT molecular complexity index is 1070. The fraction of sp³-hybridized carbons (Fsp3) is 0.100. The lowest BCUT2D eigenvalue weighted by Crippen LogP contribution is -1.96. The molecule has 0 aliphatic heterocycles. The van der Waals surface area contributed by atoms with E-state index in [1.54, 1.807) is 6.20 Å². The highest BCUT2D eigenvalue weighted by Crippen LogP contribution is 2.34. The summed E-state index contributed by atoms with van der Waals surface area (Å²) in [7, 11) is 0. The Morgan fingerprint density at radius 1 is 0.889 bits per heavy atom. The highest BCUT2D eigenvalue weighted by molar-refractivity contribution is 14.1. The van der Waals surface area contributed by atoms with Gasteiger partial charge in [-0.3, -0.25) is 0 Å². The molecule has 0 saturated carbocycles. The van der Waals surface area contributed by atoms with Crippen molar-refractivity contribution in [2.75, 3.05) is 9.23 Å². The summed E-state index contributed by atoms with van der Waals surface area (Å²) in [5.41, 5.74) is 5.49. The van der Waals surface area contributed by atoms with Crippen molar-refractivity contribution in [1.82, 2.24) is 15.0 Å². The van der Waals surface area contributed by atoms with Gasteiger partial charge in [-0.05, 0) is 68.9 Å². The average Bonchev–Trinajstić information content (AvgIpc) is 3.13. The van der Waals surface area contributed by atoms with Gasteiger partial charge >= 0.3 is 0 Å². The van der Waals surface area contributed by atoms with Gasteiger partial charge in [0.2, 0.25) is 0 Å². The second-order valence-electron chi connectivity index (χ2n) is 5.69. The van der Waals surface area contributed by atoms with E-state index >= 15 is 0 Å². The molecule has 136 valence electrons. The minimum Gasteiger partial charge on any atom is -0.479 e. The first-order valence-electron chi connectivity index (χ1n) is 8.21. The van der Waals surface area contributed by atoms with Gasteiger partial charge in [0.25, 0.3) is 0 Å². The molecule has 0 spiro atoms. The normalized spacial score (nSPS) is 10.9. The zero-order valence-corrected chi connectivity index (χ0v) is 18.5. The summed E-state index contributed by atoms with van der Waals surface area (Å²) in [5, 5.41) is 0. The van der Waals surface area contributed by atoms with E-state index in [1.807, 2.05) is 42.6 Å². The Labute approximate surface area is 183 Å². The van der Waals surface area contributed by atoms with Crippen LogP contribution in [0.25, 0.3) is 33.5 Å². The van der Waals surface area contributed by atoms with Gasteiger partial charge < -0.3 is 14.5 Å². The second-order valence-corrected chi connectivity index (χ2v) is 6.93. The van der Waals surface area contributed by atoms with Gasteiger partial charge in [0.05, 0.1) is 11.9 Å². The SMILES string of the molecule is ICOc1ccc(-c2cnc3[nH]cc(-c4ccccc4)c3n2)cc1OCI. The predicted octanol–water partition coefficient (Wildman–Crippen LogP) is 5.83. The van der Waals surface area contributed by atoms with Crippen molar-refractivity contribution >= 4 is 56.3 Å². The van der Waals surface area contributed by atoms with Gasteiger partial charge in [-0.1, -0.05) is 30.3 Å². The van der Waals surface area contributed by atoms with Gasteiger partial charge in [-0.25, -0.2) is 9.97 Å². The Kier molecular flexibility index (Phi) is 5.77. The van der Waals surface area contributed by atoms with Crippen molar-refractivity contribution < 1.29 is 9.47 Å². The third-order valence-electron chi connectivity index (χ3n) is 4.13. The van der Waals surface area contributed by atoms with Crippen LogP contribution in [0, 0.1) is 0 Å². The number of nitrogens with one attached hydrogen (secondary N) is 1. The van der Waals surface area contributed by atoms with Crippen molar-refractivity contribution in [2.45, 2.75) is 0 Å². The number of rotatable bonds is 6. The maximum atomic E-state index is 5.72. The molecule has 0 amide bonds. The number of hydrogen-bond acceptors (Lipinski definition) is 4. The van der Waals surface area contributed by atoms with Crippen LogP contribution < -0.4 is 9.47 Å². The number of H-pyrrole nitrogens is 1. The molecule has 0 bridgehead atoms. The maximum absolute atomic E-state index is 5.72. The molecule has 0 aliphatic carbocycles. The summed E-state index contributed by atoms with van der Waals surface area (Å²) in [5.74, 6) is 1.43. The van der Waals surface area contributed by atoms with Gasteiger partial charge in [-0.2, -0.15) is 0 Å². The van der Waals surface area contributed by atoms with Crippen LogP contribution in [-0.2, 0) is 0 Å². The summed E-state index contributed by atoms with van der Waals surface area (Å²) in [6.45, 7) is 0. The van der Waals surface area contributed by atoms with E-state index in [1.165, 1.54) is 0 Å². The van der Waals surface area contributed by atoms with Crippen LogP contribution >= 0.6 is 45.2 Å². The number of aromatic nitrogens is 3. The van der Waals surface area contributed by atoms with Crippen LogP contribution in [0.3, 0.4) is 0 Å². The molecule has 2 heterocycles. The zero-order valence-electron chi connectivity index (χ0n) is 14.2. The molecule has 0 atom stereocenters. The summed E-state index contributed by atoms with van der Waals surface area (Å²) < 4.78 is 12.5. The van der Waals surface area contributed by atoms with E-state index < -0.39 is 0 Å². The number of halogens is 2. The molecule has 4 aromatic rings. The van der Waals surface area contributed by atoms with Gasteiger partial charge in [0.1, 0.15) is 14.7 Å². The largest absolute Gasteiger partial charge is 0.479 e. The fourth-order valence-corrected chi connectivity index (χ4v) is 3.56. The van der Waals surface area contributed by atoms with Crippen molar-refractivity contribution in [3.8, 4) is 33.9 Å². The second kappa shape index (κ2) is 8.42. The minimum absolute atomic E-state index is 0.541. The van der Waals surface area contributed by atoms with Gasteiger partial charge in [-0.15, -0.1) is 0 Å². The molecule has 7 heteroatoms. The number of nitrogens with zero attached hydrogens (tertiary/aromatic N) is 2. The van der Waals surface area contributed by atoms with E-state index in [9.17, 15) is 0 Å². The summed E-state index contributed by atoms with van der Waals surface area (Å²) >= 11 is 4.34. The molecular formula is C20H15I2N3O2. The smallest absolute Gasteiger partial charge is 0.163 e. The number of ether oxygens (including phenoxy) is 2. The van der Waals surface area contributed by atoms with Crippen LogP contribution in [0.15, 0.2) is 60.9 Å². The van der Waals surface area contributed by atoms with E-state index in [0.29, 0.717) is 15.0 Å². The molecule has 1 N–H and O–H groups in total. The van der Waals surface area contributed by atoms with Crippen molar-refractivity contribution in [2.24, 2.45) is 0 Å². The Hall–Kier alpha value is -1.88. The molecule has 27 heavy (non-hydrogen) atoms. The maximum Gasteiger partial charge on any atom is 0.163 e. The van der Waals surface area contributed by atoms with Crippen LogP contribution in [0.5, 0.6) is 11.5 Å². The molecule has 2 aromatic carbocycles. The predicted molar refractivity (Wildman–Crippen MR) is 124 cm³/mol. The van der Waals surface area contributed by atoms with Crippen LogP contribution in [0.1, 0.15) is 0 Å². The van der Waals surface area contributed by atoms with E-state index in [2.05, 4.69) is 67.3 Å². The van der Waals surface area contributed by atoms with Crippen molar-refractivity contribution in [3.05, 3.63) is 60.9 Å². The summed E-state index contributed by atoms with van der Waals surface area (Å²) in [4.78, 5) is 12.6. The highest BCUT2D eigenvalue weighted by Gasteiger charge is 2.13. The number of alkyl halides is 2. The lowest BCUT2D eigenvalue weighted by atomic mass is 10.1. The first kappa shape index (κ1) is 18.5. The quantitative estimate of drug-likeness (QED) is 0.229. The average molecular weight is 583 g/mol. The van der Waals surface area contributed by atoms with E-state index in [-0.39, 0.29) is 0 Å². The molecule has 0 saturated heterocycles. The van der Waals surface area contributed by atoms with Gasteiger partial charge in [0.15, 0.2) is 17.1 Å². The van der Waals surface area contributed by atoms with Crippen LogP contribution in [0.4, 0.5) is 0 Å². The molecule has 0 unspecified atom stereocenters. The Morgan fingerprint density at radius 3 is 2.44 bits per heavy atom. The zero-order chi connectivity index (χ0) is 18.6. The molecule has 0 aliphatic rings. The third kappa shape index (κ3) is 3.88. The van der Waals surface area contributed by atoms with Crippen LogP contribution in [-0.4, -0.2) is 24.2 Å².